The average Bonchev–Trinajstić information content (AvgIpc) is 2.65. The van der Waals surface area contributed by atoms with Gasteiger partial charge in [-0.2, -0.15) is 8.78 Å². The molecule has 1 aromatic carbocycles. The summed E-state index contributed by atoms with van der Waals surface area (Å²) in [6.45, 7) is 0. The van der Waals surface area contributed by atoms with E-state index in [0.717, 1.165) is 10.4 Å². The van der Waals surface area contributed by atoms with E-state index < -0.39 is 5.76 Å². The van der Waals surface area contributed by atoms with Crippen molar-refractivity contribution < 1.29 is 8.78 Å². The van der Waals surface area contributed by atoms with Gasteiger partial charge in [0.15, 0.2) is 5.13 Å². The monoisotopic (exact) mass is 258 g/mol. The van der Waals surface area contributed by atoms with Gasteiger partial charge in [-0.15, -0.1) is 0 Å². The van der Waals surface area contributed by atoms with Crippen LogP contribution in [0.25, 0.3) is 10.4 Å². The van der Waals surface area contributed by atoms with E-state index in [1.54, 1.807) is 30.5 Å². The summed E-state index contributed by atoms with van der Waals surface area (Å²) in [6.07, 6.45) is 1.68. The molecular weight excluding hydrogens is 250 g/mol. The summed E-state index contributed by atoms with van der Waals surface area (Å²) < 4.78 is 24.2. The molecule has 2 N–H and O–H groups in total. The normalized spacial score (nSPS) is 10.9. The third-order valence-electron chi connectivity index (χ3n) is 1.89. The van der Waals surface area contributed by atoms with Gasteiger partial charge >= 0.3 is 0 Å². The number of alkyl halides is 2. The molecule has 0 aliphatic heterocycles. The number of nitrogen functional groups attached to an aromatic ring is 1. The number of benzene rings is 1. The minimum atomic E-state index is -2.38. The van der Waals surface area contributed by atoms with Crippen LogP contribution in [0.3, 0.4) is 0 Å². The number of halogens is 2. The smallest absolute Gasteiger partial charge is 0.288 e. The molecule has 0 fully saturated rings. The molecule has 0 atom stereocenters. The summed E-state index contributed by atoms with van der Waals surface area (Å²) in [5, 5.41) is 0.501. The van der Waals surface area contributed by atoms with Gasteiger partial charge in [-0.05, 0) is 17.7 Å². The lowest BCUT2D eigenvalue weighted by Crippen LogP contribution is -1.81. The molecule has 16 heavy (non-hydrogen) atoms. The Morgan fingerprint density at radius 1 is 1.25 bits per heavy atom. The van der Waals surface area contributed by atoms with Crippen LogP contribution in [0.4, 0.5) is 13.9 Å². The molecule has 2 aromatic rings. The van der Waals surface area contributed by atoms with Crippen LogP contribution in [0, 0.1) is 0 Å². The largest absolute Gasteiger partial charge is 0.375 e. The Kier molecular flexibility index (Phi) is 3.40. The number of aromatic nitrogens is 1. The second-order valence-corrected chi connectivity index (χ2v) is 5.09. The maximum Gasteiger partial charge on any atom is 0.288 e. The number of thiazole rings is 1. The topological polar surface area (TPSA) is 38.9 Å². The highest BCUT2D eigenvalue weighted by molar-refractivity contribution is 7.99. The minimum absolute atomic E-state index is 0.501. The van der Waals surface area contributed by atoms with Crippen molar-refractivity contribution in [1.29, 1.82) is 0 Å². The van der Waals surface area contributed by atoms with E-state index >= 15 is 0 Å². The third-order valence-corrected chi connectivity index (χ3v) is 3.49. The van der Waals surface area contributed by atoms with E-state index in [1.807, 2.05) is 0 Å². The number of nitrogens with two attached hydrogens (primary N) is 1. The number of hydrogen-bond acceptors (Lipinski definition) is 4. The Bertz CT molecular complexity index is 468. The number of anilines is 1. The molecule has 0 amide bonds. The highest BCUT2D eigenvalue weighted by atomic mass is 32.2. The lowest BCUT2D eigenvalue weighted by molar-refractivity contribution is 0.252. The van der Waals surface area contributed by atoms with Crippen molar-refractivity contribution in [3.05, 3.63) is 30.5 Å². The molecule has 0 aliphatic rings. The van der Waals surface area contributed by atoms with Crippen molar-refractivity contribution in [2.24, 2.45) is 0 Å². The van der Waals surface area contributed by atoms with Crippen LogP contribution in [0.5, 0.6) is 0 Å². The fraction of sp³-hybridized carbons (Fsp3) is 0.100. The van der Waals surface area contributed by atoms with E-state index in [-0.39, 0.29) is 0 Å². The first kappa shape index (κ1) is 11.3. The summed E-state index contributed by atoms with van der Waals surface area (Å²) in [5.41, 5.74) is 6.45. The van der Waals surface area contributed by atoms with Crippen LogP contribution in [0.1, 0.15) is 0 Å². The zero-order chi connectivity index (χ0) is 11.5. The highest BCUT2D eigenvalue weighted by Crippen LogP contribution is 2.30. The maximum absolute atomic E-state index is 12.1. The second-order valence-electron chi connectivity index (χ2n) is 2.97. The van der Waals surface area contributed by atoms with E-state index in [9.17, 15) is 8.78 Å². The summed E-state index contributed by atoms with van der Waals surface area (Å²) in [6, 6.07) is 6.92. The molecule has 1 aromatic heterocycles. The van der Waals surface area contributed by atoms with Crippen molar-refractivity contribution in [1.82, 2.24) is 4.98 Å². The molecule has 6 heteroatoms. The Hall–Kier alpha value is -1.14. The molecule has 84 valence electrons. The van der Waals surface area contributed by atoms with Gasteiger partial charge in [0.25, 0.3) is 5.76 Å². The quantitative estimate of drug-likeness (QED) is 0.853. The molecule has 2 nitrogen and oxygen atoms in total. The van der Waals surface area contributed by atoms with Crippen LogP contribution >= 0.6 is 23.1 Å². The highest BCUT2D eigenvalue weighted by Gasteiger charge is 2.06. The standard InChI is InChI=1S/C10H8F2N2S2/c11-9(12)15-7-3-1-6(2-4-7)8-5-14-10(13)16-8/h1-5,9H,(H2,13,14). The third kappa shape index (κ3) is 2.70. The molecule has 0 unspecified atom stereocenters. The van der Waals surface area contributed by atoms with Crippen molar-refractivity contribution >= 4 is 28.2 Å². The van der Waals surface area contributed by atoms with E-state index in [1.165, 1.54) is 11.3 Å². The molecule has 0 aliphatic carbocycles. The predicted octanol–water partition coefficient (Wildman–Crippen LogP) is 3.71. The number of hydrogen-bond donors (Lipinski definition) is 1. The van der Waals surface area contributed by atoms with Gasteiger partial charge in [0.05, 0.1) is 4.88 Å². The molecule has 0 saturated heterocycles. The fourth-order valence-electron chi connectivity index (χ4n) is 1.22. The summed E-state index contributed by atoms with van der Waals surface area (Å²) in [4.78, 5) is 5.42. The van der Waals surface area contributed by atoms with Gasteiger partial charge in [-0.3, -0.25) is 0 Å². The predicted molar refractivity (Wildman–Crippen MR) is 63.8 cm³/mol. The van der Waals surface area contributed by atoms with Crippen LogP contribution in [-0.2, 0) is 0 Å². The average molecular weight is 258 g/mol. The maximum atomic E-state index is 12.1. The first-order valence-corrected chi connectivity index (χ1v) is 6.11. The molecule has 0 spiro atoms. The van der Waals surface area contributed by atoms with E-state index in [2.05, 4.69) is 4.98 Å². The van der Waals surface area contributed by atoms with Crippen LogP contribution in [0.2, 0.25) is 0 Å². The number of nitrogens with zero attached hydrogens (tertiary/aromatic N) is 1. The molecule has 2 rings (SSSR count). The van der Waals surface area contributed by atoms with Gasteiger partial charge in [-0.25, -0.2) is 4.98 Å². The zero-order valence-corrected chi connectivity index (χ0v) is 9.69. The van der Waals surface area contributed by atoms with Gasteiger partial charge in [0, 0.05) is 11.1 Å². The van der Waals surface area contributed by atoms with Crippen molar-refractivity contribution in [3.63, 3.8) is 0 Å². The molecule has 0 saturated carbocycles. The van der Waals surface area contributed by atoms with Gasteiger partial charge in [0.1, 0.15) is 0 Å². The lowest BCUT2D eigenvalue weighted by Gasteiger charge is -2.01. The minimum Gasteiger partial charge on any atom is -0.375 e. The van der Waals surface area contributed by atoms with Crippen LogP contribution < -0.4 is 5.73 Å². The summed E-state index contributed by atoms with van der Waals surface area (Å²) in [5.74, 6) is -2.38. The van der Waals surface area contributed by atoms with Gasteiger partial charge in [-0.1, -0.05) is 35.2 Å². The molecular formula is C10H8F2N2S2. The molecule has 0 radical (unpaired) electrons. The summed E-state index contributed by atoms with van der Waals surface area (Å²) >= 11 is 1.91. The van der Waals surface area contributed by atoms with E-state index in [4.69, 9.17) is 5.73 Å². The Labute approximate surface area is 99.5 Å². The lowest BCUT2D eigenvalue weighted by atomic mass is 10.2. The summed E-state index contributed by atoms with van der Waals surface area (Å²) in [7, 11) is 0. The number of rotatable bonds is 3. The molecule has 0 bridgehead atoms. The van der Waals surface area contributed by atoms with E-state index in [0.29, 0.717) is 21.8 Å². The Balaban J connectivity index is 2.19. The Morgan fingerprint density at radius 3 is 2.44 bits per heavy atom. The second kappa shape index (κ2) is 4.80. The molecule has 1 heterocycles. The van der Waals surface area contributed by atoms with Crippen LogP contribution in [0.15, 0.2) is 35.4 Å². The first-order valence-electron chi connectivity index (χ1n) is 4.42. The van der Waals surface area contributed by atoms with Crippen molar-refractivity contribution in [2.75, 3.05) is 5.73 Å². The SMILES string of the molecule is Nc1ncc(-c2ccc(SC(F)F)cc2)s1. The zero-order valence-electron chi connectivity index (χ0n) is 8.06. The van der Waals surface area contributed by atoms with Crippen molar-refractivity contribution in [3.8, 4) is 10.4 Å². The first-order chi connectivity index (χ1) is 7.65. The van der Waals surface area contributed by atoms with Gasteiger partial charge in [0.2, 0.25) is 0 Å². The Morgan fingerprint density at radius 2 is 1.94 bits per heavy atom. The van der Waals surface area contributed by atoms with Crippen LogP contribution in [-0.4, -0.2) is 10.7 Å². The fourth-order valence-corrected chi connectivity index (χ4v) is 2.41. The van der Waals surface area contributed by atoms with Crippen molar-refractivity contribution in [2.45, 2.75) is 10.7 Å². The van der Waals surface area contributed by atoms with Gasteiger partial charge < -0.3 is 5.73 Å². The number of thioether (sulfide) groups is 1.